The molecule has 0 saturated heterocycles. The van der Waals surface area contributed by atoms with Gasteiger partial charge in [-0.15, -0.1) is 0 Å². The van der Waals surface area contributed by atoms with Crippen molar-refractivity contribution in [3.8, 4) is 0 Å². The minimum absolute atomic E-state index is 0.877. The minimum atomic E-state index is -0.877. The van der Waals surface area contributed by atoms with Crippen LogP contribution >= 0.6 is 25.0 Å². The van der Waals surface area contributed by atoms with Gasteiger partial charge >= 0.3 is 29.2 Å². The summed E-state index contributed by atoms with van der Waals surface area (Å²) >= 11 is 2.42. The molecule has 4 heteroatoms. The van der Waals surface area contributed by atoms with Crippen molar-refractivity contribution in [2.75, 3.05) is 0 Å². The number of rotatable bonds is 6. The topological polar surface area (TPSA) is 0 Å². The summed E-state index contributed by atoms with van der Waals surface area (Å²) in [5.41, 5.74) is 0. The summed E-state index contributed by atoms with van der Waals surface area (Å²) in [5, 5.41) is 8.61. The van der Waals surface area contributed by atoms with Crippen LogP contribution in [0.4, 0.5) is 0 Å². The van der Waals surface area contributed by atoms with Crippen LogP contribution in [0.2, 0.25) is 0 Å². The van der Waals surface area contributed by atoms with Crippen LogP contribution in [0.15, 0.2) is 182 Å². The van der Waals surface area contributed by atoms with Gasteiger partial charge in [-0.25, -0.2) is 0 Å². The number of hydrogen-bond donors (Lipinski definition) is 0. The molecule has 0 atom stereocenters. The summed E-state index contributed by atoms with van der Waals surface area (Å²) in [7, 11) is 2.69. The van der Waals surface area contributed by atoms with E-state index in [1.807, 2.05) is 0 Å². The van der Waals surface area contributed by atoms with Crippen molar-refractivity contribution >= 4 is 56.9 Å². The van der Waals surface area contributed by atoms with E-state index in [1.54, 1.807) is 0 Å². The molecule has 0 unspecified atom stereocenters. The molecule has 0 amide bonds. The van der Waals surface area contributed by atoms with E-state index >= 15 is 0 Å². The maximum absolute atomic E-state index is 4.45. The monoisotopic (exact) mass is 668 g/mol. The number of benzene rings is 6. The molecule has 0 aromatic heterocycles. The molecule has 40 heavy (non-hydrogen) atoms. The molecule has 0 saturated carbocycles. The Morgan fingerprint density at radius 2 is 0.375 bits per heavy atom. The maximum Gasteiger partial charge on any atom is 0.102 e. The molecule has 0 radical (unpaired) electrons. The van der Waals surface area contributed by atoms with Gasteiger partial charge in [-0.3, -0.25) is 0 Å². The van der Waals surface area contributed by atoms with Crippen LogP contribution in [0.1, 0.15) is 0 Å². The molecule has 0 nitrogen and oxygen atoms in total. The van der Waals surface area contributed by atoms with E-state index < -0.39 is 15.8 Å². The van der Waals surface area contributed by atoms with Gasteiger partial charge in [0.05, 0.1) is 15.8 Å². The molecule has 6 aromatic rings. The zero-order valence-corrected chi connectivity index (χ0v) is 26.2. The van der Waals surface area contributed by atoms with Crippen LogP contribution in [0.3, 0.4) is 0 Å². The first-order chi connectivity index (χ1) is 19.9. The second-order valence-electron chi connectivity index (χ2n) is 8.95. The molecule has 0 heterocycles. The third-order valence-corrected chi connectivity index (χ3v) is 11.8. The second-order valence-corrected chi connectivity index (χ2v) is 13.9. The molecular weight excluding hydrogens is 638 g/mol. The molecule has 0 aliphatic carbocycles. The quantitative estimate of drug-likeness (QED) is 0.132. The third kappa shape index (κ3) is 8.60. The van der Waals surface area contributed by atoms with Crippen LogP contribution in [-0.2, 0) is 20.0 Å². The molecule has 0 bridgehead atoms. The van der Waals surface area contributed by atoms with Crippen molar-refractivity contribution in [3.63, 3.8) is 0 Å². The van der Waals surface area contributed by atoms with E-state index in [9.17, 15) is 0 Å². The summed E-state index contributed by atoms with van der Waals surface area (Å²) < 4.78 is 0. The average molecular weight is 670 g/mol. The number of halogens is 1. The smallest absolute Gasteiger partial charge is 0.0620 e. The van der Waals surface area contributed by atoms with Crippen LogP contribution in [-0.4, -0.2) is 0 Å². The van der Waals surface area contributed by atoms with Gasteiger partial charge in [0.2, 0.25) is 0 Å². The van der Waals surface area contributed by atoms with Gasteiger partial charge in [-0.1, -0.05) is 109 Å². The predicted molar refractivity (Wildman–Crippen MR) is 179 cm³/mol. The van der Waals surface area contributed by atoms with E-state index in [0.717, 1.165) is 0 Å². The fourth-order valence-corrected chi connectivity index (χ4v) is 9.78. The zero-order valence-electron chi connectivity index (χ0n) is 22.0. The summed E-state index contributed by atoms with van der Waals surface area (Å²) in [6, 6.07) is 65.0. The predicted octanol–water partition coefficient (Wildman–Crippen LogP) is 7.04. The van der Waals surface area contributed by atoms with E-state index in [1.165, 1.54) is 31.8 Å². The van der Waals surface area contributed by atoms with Crippen molar-refractivity contribution in [2.45, 2.75) is 0 Å². The summed E-state index contributed by atoms with van der Waals surface area (Å²) in [5.74, 6) is 0. The Morgan fingerprint density at radius 1 is 0.250 bits per heavy atom. The first-order valence-electron chi connectivity index (χ1n) is 13.1. The van der Waals surface area contributed by atoms with E-state index in [4.69, 9.17) is 0 Å². The van der Waals surface area contributed by atoms with Crippen molar-refractivity contribution in [1.29, 1.82) is 0 Å². The van der Waals surface area contributed by atoms with Gasteiger partial charge in [0.25, 0.3) is 0 Å². The Kier molecular flexibility index (Phi) is 12.9. The van der Waals surface area contributed by atoms with Gasteiger partial charge in [-0.05, 0) is 72.8 Å². The van der Waals surface area contributed by atoms with Crippen molar-refractivity contribution in [1.82, 2.24) is 0 Å². The van der Waals surface area contributed by atoms with Gasteiger partial charge in [-0.2, -0.15) is 0 Å². The Balaban J connectivity index is 0.000000174. The van der Waals surface area contributed by atoms with Gasteiger partial charge < -0.3 is 0 Å². The van der Waals surface area contributed by atoms with Crippen LogP contribution in [0.5, 0.6) is 0 Å². The molecule has 0 N–H and O–H groups in total. The molecule has 0 fully saturated rings. The Labute approximate surface area is 257 Å². The number of hydrogen-bond acceptors (Lipinski definition) is 0. The van der Waals surface area contributed by atoms with E-state index in [0.29, 0.717) is 0 Å². The SMILES string of the molecule is [Cl][Ag].c1ccc([PH+](c2ccccc2)c2ccccc2)cc1.c1ccc([PH+](c2ccccc2)c2ccccc2)cc1. The Bertz CT molecular complexity index is 1180. The Morgan fingerprint density at radius 3 is 0.500 bits per heavy atom. The van der Waals surface area contributed by atoms with Gasteiger partial charge in [0, 0.05) is 0 Å². The molecule has 6 aromatic carbocycles. The van der Waals surface area contributed by atoms with Crippen LogP contribution in [0.25, 0.3) is 0 Å². The summed E-state index contributed by atoms with van der Waals surface area (Å²) in [4.78, 5) is 0. The zero-order chi connectivity index (χ0) is 27.8. The van der Waals surface area contributed by atoms with Crippen molar-refractivity contribution < 1.29 is 20.0 Å². The first kappa shape index (κ1) is 30.2. The van der Waals surface area contributed by atoms with E-state index in [-0.39, 0.29) is 0 Å². The third-order valence-electron chi connectivity index (χ3n) is 6.37. The molecule has 0 aliphatic heterocycles. The molecule has 0 aliphatic rings. The second kappa shape index (κ2) is 17.1. The van der Waals surface area contributed by atoms with Crippen molar-refractivity contribution in [2.24, 2.45) is 0 Å². The molecular formula is C36H32AgClP2+2. The molecule has 6 rings (SSSR count). The molecule has 202 valence electrons. The molecule has 0 spiro atoms. The first-order valence-corrected chi connectivity index (χ1v) is 18.0. The normalized spacial score (nSPS) is 10.2. The van der Waals surface area contributed by atoms with Crippen LogP contribution < -0.4 is 31.8 Å². The van der Waals surface area contributed by atoms with Gasteiger partial charge in [0.1, 0.15) is 31.8 Å². The van der Waals surface area contributed by atoms with E-state index in [2.05, 4.69) is 211 Å². The standard InChI is InChI=1S/2C18H15P.Ag.ClH/c2*1-4-10-16(11-5-1)19(17-12-6-2-7-13-17)18-14-8-3-9-15-18;;/h2*1-15H;;1H/q;;+1;/p+1. The Hall–Kier alpha value is -2.79. The van der Waals surface area contributed by atoms with Crippen molar-refractivity contribution in [3.05, 3.63) is 182 Å². The fourth-order valence-electron chi connectivity index (χ4n) is 4.63. The fraction of sp³-hybridized carbons (Fsp3) is 0. The minimum Gasteiger partial charge on any atom is -0.0620 e. The average Bonchev–Trinajstić information content (AvgIpc) is 3.06. The van der Waals surface area contributed by atoms with Gasteiger partial charge in [0.15, 0.2) is 0 Å². The maximum atomic E-state index is 4.45. The largest absolute Gasteiger partial charge is 0.102 e. The van der Waals surface area contributed by atoms with Crippen LogP contribution in [0, 0.1) is 0 Å². The summed E-state index contributed by atoms with van der Waals surface area (Å²) in [6.45, 7) is 0. The summed E-state index contributed by atoms with van der Waals surface area (Å²) in [6.07, 6.45) is 0.